The highest BCUT2D eigenvalue weighted by Crippen LogP contribution is 2.68. The topological polar surface area (TPSA) is 127 Å². The number of aromatic amines is 1. The minimum Gasteiger partial charge on any atom is -0.497 e. The molecule has 49 heavy (non-hydrogen) atoms. The van der Waals surface area contributed by atoms with Gasteiger partial charge in [0.15, 0.2) is 18.1 Å². The van der Waals surface area contributed by atoms with E-state index in [0.29, 0.717) is 35.2 Å². The van der Waals surface area contributed by atoms with E-state index in [9.17, 15) is 19.2 Å². The fraction of sp³-hybridized carbons (Fsp3) is 0.351. The highest BCUT2D eigenvalue weighted by molar-refractivity contribution is 8.00. The molecule has 2 aliphatic heterocycles. The molecule has 3 heterocycles. The van der Waals surface area contributed by atoms with Crippen LogP contribution in [-0.4, -0.2) is 48.3 Å². The number of ether oxygens (including phenoxy) is 3. The van der Waals surface area contributed by atoms with Crippen molar-refractivity contribution >= 4 is 52.2 Å². The lowest BCUT2D eigenvalue weighted by atomic mass is 9.68. The number of nitrogens with one attached hydrogen (secondary N) is 2. The molecular formula is C37H35N3O7S2. The van der Waals surface area contributed by atoms with Crippen LogP contribution in [0.25, 0.3) is 0 Å². The summed E-state index contributed by atoms with van der Waals surface area (Å²) in [5, 5.41) is 3.73. The molecule has 1 saturated heterocycles. The van der Waals surface area contributed by atoms with E-state index in [-0.39, 0.29) is 64.0 Å². The molecule has 8 rings (SSSR count). The summed E-state index contributed by atoms with van der Waals surface area (Å²) >= 11 is 2.87. The van der Waals surface area contributed by atoms with Crippen molar-refractivity contribution < 1.29 is 28.6 Å². The molecular weight excluding hydrogens is 663 g/mol. The number of carbonyl (C=O) groups excluding carboxylic acids is 3. The van der Waals surface area contributed by atoms with Gasteiger partial charge in [-0.05, 0) is 92.1 Å². The molecule has 3 aromatic carbocycles. The van der Waals surface area contributed by atoms with Crippen LogP contribution in [0.2, 0.25) is 0 Å². The molecule has 3 amide bonds. The molecule has 12 heteroatoms. The molecule has 0 spiro atoms. The zero-order valence-electron chi connectivity index (χ0n) is 27.1. The first-order valence-corrected chi connectivity index (χ1v) is 18.1. The molecule has 10 nitrogen and oxygen atoms in total. The molecule has 252 valence electrons. The van der Waals surface area contributed by atoms with Gasteiger partial charge in [-0.2, -0.15) is 0 Å². The summed E-state index contributed by atoms with van der Waals surface area (Å²) in [5.74, 6) is 0.192. The highest BCUT2D eigenvalue weighted by atomic mass is 32.2. The van der Waals surface area contributed by atoms with Gasteiger partial charge in [-0.1, -0.05) is 35.1 Å². The molecule has 0 radical (unpaired) electrons. The molecule has 2 N–H and O–H groups in total. The third kappa shape index (κ3) is 5.32. The molecule has 2 saturated carbocycles. The first-order chi connectivity index (χ1) is 23.7. The van der Waals surface area contributed by atoms with Gasteiger partial charge < -0.3 is 24.5 Å². The standard InChI is InChI=1S/C37H35N3O7S2/c1-4-46-26-15-19(7-14-25(26)47-17-27(41)38-20-8-12-22(45-3)13-9-20)28-29-23-16-24(32(29)48-34-33(28)49-37(44)39-34)31-30(23)35(42)40(36(31)43)21-10-5-18(2)6-11-21/h5-15,23-24,28-32H,4,16-17H2,1-3H3,(H,38,41)(H,39,44)/t23?,24?,28-,29?,30?,31?,32?/m1/s1. The number of anilines is 2. The zero-order chi connectivity index (χ0) is 34.0. The average Bonchev–Trinajstić information content (AvgIpc) is 3.84. The molecule has 3 fully saturated rings. The lowest BCUT2D eigenvalue weighted by Crippen LogP contribution is -2.42. The largest absolute Gasteiger partial charge is 0.497 e. The Hall–Kier alpha value is -4.55. The quantitative estimate of drug-likeness (QED) is 0.209. The smallest absolute Gasteiger partial charge is 0.305 e. The van der Waals surface area contributed by atoms with Crippen LogP contribution in [0.4, 0.5) is 11.4 Å². The van der Waals surface area contributed by atoms with Gasteiger partial charge in [0.1, 0.15) is 5.75 Å². The SMILES string of the molecule is CCOc1cc([C@H]2c3sc(=O)[nH]c3SC3C4CC(C5C(=O)N(c6ccc(C)cc6)C(=O)C45)C32)ccc1OCC(=O)Nc1ccc(OC)cc1. The van der Waals surface area contributed by atoms with Crippen molar-refractivity contribution in [1.82, 2.24) is 4.98 Å². The van der Waals surface area contributed by atoms with Gasteiger partial charge in [-0.15, -0.1) is 11.8 Å². The van der Waals surface area contributed by atoms with Crippen LogP contribution in [0.3, 0.4) is 0 Å². The maximum absolute atomic E-state index is 14.1. The number of fused-ring (bicyclic) bond motifs is 9. The summed E-state index contributed by atoms with van der Waals surface area (Å²) in [4.78, 5) is 58.7. The first-order valence-electron chi connectivity index (χ1n) is 16.4. The lowest BCUT2D eigenvalue weighted by Gasteiger charge is -2.43. The molecule has 6 unspecified atom stereocenters. The van der Waals surface area contributed by atoms with E-state index in [4.69, 9.17) is 14.2 Å². The van der Waals surface area contributed by atoms with Crippen molar-refractivity contribution in [3.63, 3.8) is 0 Å². The number of thioether (sulfide) groups is 1. The second kappa shape index (κ2) is 12.4. The Kier molecular flexibility index (Phi) is 8.02. The third-order valence-corrected chi connectivity index (χ3v) is 13.0. The number of imide groups is 1. The van der Waals surface area contributed by atoms with Gasteiger partial charge >= 0.3 is 4.87 Å². The van der Waals surface area contributed by atoms with Crippen LogP contribution in [0.15, 0.2) is 76.6 Å². The molecule has 2 bridgehead atoms. The molecule has 4 aromatic rings. The normalized spacial score (nSPS) is 26.3. The predicted molar refractivity (Wildman–Crippen MR) is 187 cm³/mol. The number of carbonyl (C=O) groups is 3. The second-order valence-corrected chi connectivity index (χ2v) is 15.2. The number of methoxy groups -OCH3 is 1. The molecule has 7 atom stereocenters. The third-order valence-electron chi connectivity index (χ3n) is 10.4. The Balaban J connectivity index is 1.08. The number of H-pyrrole nitrogens is 1. The fourth-order valence-corrected chi connectivity index (χ4v) is 11.3. The lowest BCUT2D eigenvalue weighted by molar-refractivity contribution is -0.123. The molecule has 4 aliphatic rings. The van der Waals surface area contributed by atoms with Crippen LogP contribution in [0.5, 0.6) is 17.2 Å². The van der Waals surface area contributed by atoms with Crippen LogP contribution >= 0.6 is 23.1 Å². The van der Waals surface area contributed by atoms with Gasteiger partial charge in [-0.3, -0.25) is 24.1 Å². The number of aryl methyl sites for hydroxylation is 1. The van der Waals surface area contributed by atoms with E-state index in [2.05, 4.69) is 10.3 Å². The number of hydrogen-bond donors (Lipinski definition) is 2. The minimum atomic E-state index is -0.390. The Labute approximate surface area is 291 Å². The Morgan fingerprint density at radius 1 is 0.939 bits per heavy atom. The Morgan fingerprint density at radius 3 is 2.39 bits per heavy atom. The Bertz CT molecular complexity index is 2010. The van der Waals surface area contributed by atoms with Gasteiger partial charge in [-0.25, -0.2) is 0 Å². The number of hydrogen-bond acceptors (Lipinski definition) is 9. The number of nitrogens with zero attached hydrogens (tertiary/aromatic N) is 1. The van der Waals surface area contributed by atoms with Crippen LogP contribution in [-0.2, 0) is 14.4 Å². The number of thiazole rings is 1. The highest BCUT2D eigenvalue weighted by Gasteiger charge is 2.69. The van der Waals surface area contributed by atoms with E-state index in [1.807, 2.05) is 56.3 Å². The second-order valence-electron chi connectivity index (χ2n) is 13.0. The summed E-state index contributed by atoms with van der Waals surface area (Å²) in [5.41, 5.74) is 3.26. The van der Waals surface area contributed by atoms with E-state index < -0.39 is 5.92 Å². The van der Waals surface area contributed by atoms with Crippen molar-refractivity contribution in [3.8, 4) is 17.2 Å². The van der Waals surface area contributed by atoms with Gasteiger partial charge in [0, 0.05) is 21.7 Å². The summed E-state index contributed by atoms with van der Waals surface area (Å²) in [6.45, 7) is 4.02. The van der Waals surface area contributed by atoms with Crippen molar-refractivity contribution in [1.29, 1.82) is 0 Å². The summed E-state index contributed by atoms with van der Waals surface area (Å²) in [6.07, 6.45) is 0.801. The monoisotopic (exact) mass is 697 g/mol. The van der Waals surface area contributed by atoms with Gasteiger partial charge in [0.25, 0.3) is 5.91 Å². The Morgan fingerprint density at radius 2 is 1.67 bits per heavy atom. The van der Waals surface area contributed by atoms with Crippen molar-refractivity contribution in [2.24, 2.45) is 29.6 Å². The zero-order valence-corrected chi connectivity index (χ0v) is 28.8. The minimum absolute atomic E-state index is 0.0112. The fourth-order valence-electron chi connectivity index (χ4n) is 8.46. The van der Waals surface area contributed by atoms with Crippen LogP contribution < -0.4 is 29.3 Å². The molecule has 2 aliphatic carbocycles. The van der Waals surface area contributed by atoms with Crippen LogP contribution in [0, 0.1) is 36.5 Å². The summed E-state index contributed by atoms with van der Waals surface area (Å²) in [7, 11) is 1.58. The average molecular weight is 698 g/mol. The number of benzene rings is 3. The van der Waals surface area contributed by atoms with E-state index in [1.54, 1.807) is 43.1 Å². The van der Waals surface area contributed by atoms with E-state index in [1.165, 1.54) is 16.2 Å². The van der Waals surface area contributed by atoms with E-state index >= 15 is 0 Å². The number of amides is 3. The number of rotatable bonds is 9. The predicted octanol–water partition coefficient (Wildman–Crippen LogP) is 5.85. The van der Waals surface area contributed by atoms with Gasteiger partial charge in [0.05, 0.1) is 36.3 Å². The van der Waals surface area contributed by atoms with Crippen LogP contribution in [0.1, 0.15) is 35.3 Å². The van der Waals surface area contributed by atoms with Gasteiger partial charge in [0.2, 0.25) is 11.8 Å². The van der Waals surface area contributed by atoms with Crippen molar-refractivity contribution in [3.05, 3.63) is 92.4 Å². The van der Waals surface area contributed by atoms with Crippen molar-refractivity contribution in [2.75, 3.05) is 30.5 Å². The van der Waals surface area contributed by atoms with Crippen molar-refractivity contribution in [2.45, 2.75) is 36.5 Å². The van der Waals surface area contributed by atoms with E-state index in [0.717, 1.165) is 27.5 Å². The number of aromatic nitrogens is 1. The maximum atomic E-state index is 14.1. The first kappa shape index (κ1) is 31.7. The maximum Gasteiger partial charge on any atom is 0.305 e. The summed E-state index contributed by atoms with van der Waals surface area (Å²) < 4.78 is 17.2. The summed E-state index contributed by atoms with van der Waals surface area (Å²) in [6, 6.07) is 20.3. The molecule has 1 aromatic heterocycles.